The molecular formula is C27H22N2O6S4. The smallest absolute Gasteiger partial charge is 0.346 e. The maximum atomic E-state index is 13.7. The van der Waals surface area contributed by atoms with Gasteiger partial charge < -0.3 is 14.2 Å². The number of rotatable bonds is 5. The summed E-state index contributed by atoms with van der Waals surface area (Å²) in [5, 5.41) is 0.411. The Morgan fingerprint density at radius 3 is 2.21 bits per heavy atom. The predicted molar refractivity (Wildman–Crippen MR) is 159 cm³/mol. The first-order valence-corrected chi connectivity index (χ1v) is 14.5. The second-order valence-corrected chi connectivity index (χ2v) is 12.6. The Labute approximate surface area is 242 Å². The average molecular weight is 599 g/mol. The molecule has 2 aromatic carbocycles. The number of ether oxygens (including phenoxy) is 3. The number of thiocarbonyl (C=S) groups is 1. The number of para-hydroxylation sites is 2. The lowest BCUT2D eigenvalue weighted by molar-refractivity contribution is -0.138. The molecule has 0 fully saturated rings. The van der Waals surface area contributed by atoms with Gasteiger partial charge in [-0.25, -0.2) is 14.6 Å². The summed E-state index contributed by atoms with van der Waals surface area (Å²) in [7, 11) is 2.51. The van der Waals surface area contributed by atoms with Crippen molar-refractivity contribution in [2.45, 2.75) is 19.4 Å². The molecule has 200 valence electrons. The number of benzene rings is 2. The van der Waals surface area contributed by atoms with Crippen LogP contribution in [0.4, 0.5) is 5.69 Å². The minimum absolute atomic E-state index is 0.137. The zero-order valence-corrected chi connectivity index (χ0v) is 24.6. The Morgan fingerprint density at radius 1 is 0.949 bits per heavy atom. The van der Waals surface area contributed by atoms with Crippen LogP contribution >= 0.6 is 47.1 Å². The van der Waals surface area contributed by atoms with Crippen LogP contribution in [-0.2, 0) is 23.9 Å². The van der Waals surface area contributed by atoms with E-state index >= 15 is 0 Å². The van der Waals surface area contributed by atoms with Crippen LogP contribution in [0, 0.1) is 0 Å². The average Bonchev–Trinajstić information content (AvgIpc) is 3.56. The molecule has 0 atom stereocenters. The number of amides is 1. The van der Waals surface area contributed by atoms with E-state index in [1.165, 1.54) is 25.6 Å². The van der Waals surface area contributed by atoms with Gasteiger partial charge in [-0.2, -0.15) is 0 Å². The van der Waals surface area contributed by atoms with Crippen LogP contribution < -0.4 is 9.64 Å². The third-order valence-corrected chi connectivity index (χ3v) is 10.4. The SMILES string of the molecule is COC(=O)C1=C(C(=O)OC)SC(=C2C(=S)C(C)(C)N(C(=O)COc3nc4ccccc4s3)c3ccccc32)S1. The van der Waals surface area contributed by atoms with E-state index in [0.29, 0.717) is 31.1 Å². The molecule has 0 spiro atoms. The van der Waals surface area contributed by atoms with Crippen LogP contribution in [0.1, 0.15) is 19.4 Å². The molecule has 3 heterocycles. The summed E-state index contributed by atoms with van der Waals surface area (Å²) < 4.78 is 17.2. The number of thioether (sulfide) groups is 2. The highest BCUT2D eigenvalue weighted by Gasteiger charge is 2.46. The molecule has 2 aliphatic rings. The second-order valence-electron chi connectivity index (χ2n) is 8.88. The number of carbonyl (C=O) groups is 3. The van der Waals surface area contributed by atoms with E-state index in [9.17, 15) is 14.4 Å². The van der Waals surface area contributed by atoms with Gasteiger partial charge >= 0.3 is 11.9 Å². The van der Waals surface area contributed by atoms with Crippen molar-refractivity contribution >= 4 is 91.3 Å². The van der Waals surface area contributed by atoms with E-state index in [-0.39, 0.29) is 22.3 Å². The monoisotopic (exact) mass is 598 g/mol. The number of esters is 2. The van der Waals surface area contributed by atoms with Gasteiger partial charge in [0.25, 0.3) is 11.1 Å². The summed E-state index contributed by atoms with van der Waals surface area (Å²) in [5.74, 6) is -1.56. The van der Waals surface area contributed by atoms with Gasteiger partial charge in [0.2, 0.25) is 0 Å². The highest BCUT2D eigenvalue weighted by molar-refractivity contribution is 8.29. The van der Waals surface area contributed by atoms with Crippen LogP contribution in [0.15, 0.2) is 62.6 Å². The second kappa shape index (κ2) is 10.8. The topological polar surface area (TPSA) is 95.0 Å². The zero-order valence-electron chi connectivity index (χ0n) is 21.3. The number of aromatic nitrogens is 1. The summed E-state index contributed by atoms with van der Waals surface area (Å²) in [6, 6.07) is 15.1. The molecule has 0 saturated heterocycles. The molecule has 1 amide bonds. The first-order chi connectivity index (χ1) is 18.7. The number of methoxy groups -OCH3 is 2. The first-order valence-electron chi connectivity index (χ1n) is 11.6. The van der Waals surface area contributed by atoms with E-state index in [0.717, 1.165) is 33.7 Å². The van der Waals surface area contributed by atoms with Gasteiger partial charge in [-0.3, -0.25) is 9.69 Å². The predicted octanol–water partition coefficient (Wildman–Crippen LogP) is 5.58. The number of fused-ring (bicyclic) bond motifs is 2. The lowest BCUT2D eigenvalue weighted by Gasteiger charge is -2.45. The minimum atomic E-state index is -0.930. The number of thiazole rings is 1. The molecule has 0 bridgehead atoms. The Balaban J connectivity index is 1.51. The van der Waals surface area contributed by atoms with E-state index in [4.69, 9.17) is 26.4 Å². The normalized spacial score (nSPS) is 16.4. The van der Waals surface area contributed by atoms with E-state index < -0.39 is 17.5 Å². The van der Waals surface area contributed by atoms with Crippen LogP contribution in [0.5, 0.6) is 5.19 Å². The highest BCUT2D eigenvalue weighted by Crippen LogP contribution is 2.56. The van der Waals surface area contributed by atoms with Gasteiger partial charge in [0.05, 0.1) is 44.8 Å². The minimum Gasteiger partial charge on any atom is -0.465 e. The van der Waals surface area contributed by atoms with Crippen molar-refractivity contribution in [3.05, 3.63) is 68.1 Å². The standard InChI is InChI=1S/C27H22N2O6S4/c1-27(2)22(36)19(25-38-20(23(31)33-3)21(39-25)24(32)34-4)14-9-5-7-11-16(14)29(27)18(30)13-35-26-28-15-10-6-8-12-17(15)37-26/h5-12H,13H2,1-4H3. The Morgan fingerprint density at radius 2 is 1.56 bits per heavy atom. The van der Waals surface area contributed by atoms with E-state index in [1.807, 2.05) is 62.4 Å². The van der Waals surface area contributed by atoms with E-state index in [1.54, 1.807) is 4.90 Å². The lowest BCUT2D eigenvalue weighted by atomic mass is 9.83. The molecule has 0 radical (unpaired) electrons. The largest absolute Gasteiger partial charge is 0.465 e. The lowest BCUT2D eigenvalue weighted by Crippen LogP contribution is -2.57. The van der Waals surface area contributed by atoms with Crippen molar-refractivity contribution in [1.29, 1.82) is 0 Å². The molecule has 12 heteroatoms. The van der Waals surface area contributed by atoms with Crippen LogP contribution in [0.25, 0.3) is 15.8 Å². The molecule has 1 aromatic heterocycles. The van der Waals surface area contributed by atoms with Crippen molar-refractivity contribution < 1.29 is 28.6 Å². The molecule has 0 aliphatic carbocycles. The maximum absolute atomic E-state index is 13.7. The number of carbonyl (C=O) groups excluding carboxylic acids is 3. The molecular weight excluding hydrogens is 577 g/mol. The third kappa shape index (κ3) is 4.86. The van der Waals surface area contributed by atoms with E-state index in [2.05, 4.69) is 4.98 Å². The molecule has 8 nitrogen and oxygen atoms in total. The number of nitrogens with zero attached hydrogens (tertiary/aromatic N) is 2. The Hall–Kier alpha value is -3.19. The summed E-state index contributed by atoms with van der Waals surface area (Å²) >= 11 is 9.58. The van der Waals surface area contributed by atoms with Crippen LogP contribution in [0.3, 0.4) is 0 Å². The first kappa shape index (κ1) is 27.4. The third-order valence-electron chi connectivity index (χ3n) is 6.14. The maximum Gasteiger partial charge on any atom is 0.346 e. The van der Waals surface area contributed by atoms with Crippen molar-refractivity contribution in [2.24, 2.45) is 0 Å². The van der Waals surface area contributed by atoms with Gasteiger partial charge in [-0.05, 0) is 32.0 Å². The highest BCUT2D eigenvalue weighted by atomic mass is 32.2. The summed E-state index contributed by atoms with van der Waals surface area (Å²) in [6.45, 7) is 3.50. The fourth-order valence-corrected chi connectivity index (χ4v) is 8.16. The molecule has 5 rings (SSSR count). The summed E-state index contributed by atoms with van der Waals surface area (Å²) in [5.41, 5.74) is 1.91. The number of anilines is 1. The van der Waals surface area contributed by atoms with Gasteiger partial charge in [0.1, 0.15) is 9.81 Å². The molecule has 0 unspecified atom stereocenters. The molecule has 0 saturated carbocycles. The van der Waals surface area contributed by atoms with Gasteiger partial charge in [-0.1, -0.05) is 77.4 Å². The van der Waals surface area contributed by atoms with Crippen LogP contribution in [-0.4, -0.2) is 54.1 Å². The van der Waals surface area contributed by atoms with Gasteiger partial charge in [0, 0.05) is 11.1 Å². The number of hydrogen-bond acceptors (Lipinski definition) is 11. The Bertz CT molecular complexity index is 1540. The molecule has 3 aromatic rings. The van der Waals surface area contributed by atoms with Gasteiger partial charge in [-0.15, -0.1) is 0 Å². The molecule has 2 aliphatic heterocycles. The summed E-state index contributed by atoms with van der Waals surface area (Å²) in [6.07, 6.45) is 0. The van der Waals surface area contributed by atoms with Crippen molar-refractivity contribution in [3.63, 3.8) is 0 Å². The summed E-state index contributed by atoms with van der Waals surface area (Å²) in [4.78, 5) is 45.4. The molecule has 0 N–H and O–H groups in total. The van der Waals surface area contributed by atoms with Crippen molar-refractivity contribution in [1.82, 2.24) is 4.98 Å². The molecule has 39 heavy (non-hydrogen) atoms. The van der Waals surface area contributed by atoms with Crippen LogP contribution in [0.2, 0.25) is 0 Å². The fourth-order valence-electron chi connectivity index (χ4n) is 4.32. The quantitative estimate of drug-likeness (QED) is 0.211. The number of hydrogen-bond donors (Lipinski definition) is 0. The fraction of sp³-hybridized carbons (Fsp3) is 0.222. The van der Waals surface area contributed by atoms with Gasteiger partial charge in [0.15, 0.2) is 6.61 Å². The Kier molecular flexibility index (Phi) is 7.55. The van der Waals surface area contributed by atoms with Crippen molar-refractivity contribution in [3.8, 4) is 5.19 Å². The van der Waals surface area contributed by atoms with Crippen molar-refractivity contribution in [2.75, 3.05) is 25.7 Å². The zero-order chi connectivity index (χ0) is 27.9.